The summed E-state index contributed by atoms with van der Waals surface area (Å²) in [7, 11) is 1.31. The number of alkyl halides is 6. The van der Waals surface area contributed by atoms with Gasteiger partial charge in [-0.3, -0.25) is 14.5 Å². The van der Waals surface area contributed by atoms with Crippen LogP contribution in [0.1, 0.15) is 54.0 Å². The van der Waals surface area contributed by atoms with Gasteiger partial charge >= 0.3 is 12.4 Å². The highest BCUT2D eigenvalue weighted by atomic mass is 35.5. The molecule has 0 aliphatic carbocycles. The summed E-state index contributed by atoms with van der Waals surface area (Å²) < 4.78 is 93.7. The van der Waals surface area contributed by atoms with E-state index < -0.39 is 65.0 Å². The molecule has 5 nitrogen and oxygen atoms in total. The second-order valence-electron chi connectivity index (χ2n) is 10.5. The van der Waals surface area contributed by atoms with Gasteiger partial charge < -0.3 is 10.6 Å². The highest BCUT2D eigenvalue weighted by Gasteiger charge is 2.43. The van der Waals surface area contributed by atoms with Crippen molar-refractivity contribution < 1.29 is 40.3 Å². The minimum atomic E-state index is -5.01. The van der Waals surface area contributed by atoms with E-state index in [1.807, 2.05) is 4.90 Å². The lowest BCUT2D eigenvalue weighted by atomic mass is 9.77. The Morgan fingerprint density at radius 2 is 1.55 bits per heavy atom. The van der Waals surface area contributed by atoms with Crippen molar-refractivity contribution in [1.82, 2.24) is 9.80 Å². The Morgan fingerprint density at radius 3 is 2.02 bits per heavy atom. The van der Waals surface area contributed by atoms with Gasteiger partial charge in [-0.1, -0.05) is 6.07 Å². The fourth-order valence-corrected chi connectivity index (χ4v) is 5.03. The first-order valence-electron chi connectivity index (χ1n) is 12.2. The Labute approximate surface area is 233 Å². The number of nitrogens with zero attached hydrogens (tertiary/aromatic N) is 2. The lowest BCUT2D eigenvalue weighted by molar-refractivity contribution is -0.143. The van der Waals surface area contributed by atoms with E-state index in [-0.39, 0.29) is 37.0 Å². The summed E-state index contributed by atoms with van der Waals surface area (Å²) in [4.78, 5) is 28.6. The summed E-state index contributed by atoms with van der Waals surface area (Å²) in [6, 6.07) is 5.32. The zero-order valence-corrected chi connectivity index (χ0v) is 23.1. The van der Waals surface area contributed by atoms with Gasteiger partial charge in [-0.2, -0.15) is 26.3 Å². The van der Waals surface area contributed by atoms with Crippen LogP contribution in [0, 0.1) is 18.7 Å². The van der Waals surface area contributed by atoms with Crippen LogP contribution in [0.15, 0.2) is 36.4 Å². The quantitative estimate of drug-likeness (QED) is 0.421. The smallest absolute Gasteiger partial charge is 0.368 e. The summed E-state index contributed by atoms with van der Waals surface area (Å²) in [6.45, 7) is 4.96. The number of primary amides is 1. The van der Waals surface area contributed by atoms with Gasteiger partial charge in [0.05, 0.1) is 16.7 Å². The minimum absolute atomic E-state index is 0. The minimum Gasteiger partial charge on any atom is -0.368 e. The second-order valence-corrected chi connectivity index (χ2v) is 10.5. The number of hydrogen-bond donors (Lipinski definition) is 1. The molecule has 2 unspecified atom stereocenters. The largest absolute Gasteiger partial charge is 0.416 e. The van der Waals surface area contributed by atoms with Gasteiger partial charge in [0.25, 0.3) is 0 Å². The number of hydrogen-bond acceptors (Lipinski definition) is 3. The molecule has 1 saturated heterocycles. The van der Waals surface area contributed by atoms with Gasteiger partial charge in [0.1, 0.15) is 5.82 Å². The highest BCUT2D eigenvalue weighted by Crippen LogP contribution is 2.39. The third-order valence-electron chi connectivity index (χ3n) is 7.40. The Kier molecular flexibility index (Phi) is 9.95. The second kappa shape index (κ2) is 11.9. The summed E-state index contributed by atoms with van der Waals surface area (Å²) in [5.74, 6) is -2.83. The molecule has 0 radical (unpaired) electrons. The van der Waals surface area contributed by atoms with Crippen LogP contribution in [-0.4, -0.2) is 47.3 Å². The normalized spacial score (nSPS) is 18.7. The van der Waals surface area contributed by atoms with Crippen LogP contribution < -0.4 is 5.73 Å². The van der Waals surface area contributed by atoms with Gasteiger partial charge in [-0.25, -0.2) is 4.39 Å². The molecule has 1 fully saturated rings. The van der Waals surface area contributed by atoms with E-state index in [9.17, 15) is 40.3 Å². The van der Waals surface area contributed by atoms with Crippen molar-refractivity contribution in [2.45, 2.75) is 57.5 Å². The third-order valence-corrected chi connectivity index (χ3v) is 7.40. The molecule has 2 atom stereocenters. The number of likely N-dealkylation sites (tertiary alicyclic amines) is 1. The lowest BCUT2D eigenvalue weighted by Gasteiger charge is -2.45. The molecular weight excluding hydrogens is 567 g/mol. The van der Waals surface area contributed by atoms with Crippen molar-refractivity contribution >= 4 is 24.2 Å². The van der Waals surface area contributed by atoms with E-state index in [1.165, 1.54) is 19.2 Å². The lowest BCUT2D eigenvalue weighted by Crippen LogP contribution is -2.58. The Bertz CT molecular complexity index is 1220. The molecule has 2 amide bonds. The zero-order valence-electron chi connectivity index (χ0n) is 22.3. The number of carbonyl (C=O) groups is 2. The molecule has 2 aromatic rings. The van der Waals surface area contributed by atoms with Gasteiger partial charge in [0.15, 0.2) is 0 Å². The van der Waals surface area contributed by atoms with Crippen molar-refractivity contribution in [1.29, 1.82) is 0 Å². The van der Waals surface area contributed by atoms with Crippen molar-refractivity contribution in [3.05, 3.63) is 70.0 Å². The molecule has 3 rings (SSSR count). The van der Waals surface area contributed by atoms with Crippen molar-refractivity contribution in [3.8, 4) is 0 Å². The van der Waals surface area contributed by atoms with Crippen molar-refractivity contribution in [2.24, 2.45) is 11.7 Å². The average Bonchev–Trinajstić information content (AvgIpc) is 2.81. The molecule has 40 heavy (non-hydrogen) atoms. The average molecular weight is 598 g/mol. The van der Waals surface area contributed by atoms with E-state index in [4.69, 9.17) is 5.73 Å². The Morgan fingerprint density at radius 1 is 1.00 bits per heavy atom. The van der Waals surface area contributed by atoms with Crippen LogP contribution >= 0.6 is 12.4 Å². The number of nitrogens with two attached hydrogens (primary N) is 1. The summed E-state index contributed by atoms with van der Waals surface area (Å²) >= 11 is 0. The van der Waals surface area contributed by atoms with Gasteiger partial charge in [0, 0.05) is 32.0 Å². The number of halogens is 8. The maximum absolute atomic E-state index is 13.8. The van der Waals surface area contributed by atoms with Gasteiger partial charge in [-0.15, -0.1) is 12.4 Å². The number of amides is 2. The van der Waals surface area contributed by atoms with Crippen LogP contribution in [0.3, 0.4) is 0 Å². The maximum atomic E-state index is 13.8. The molecule has 1 aliphatic heterocycles. The molecule has 2 aromatic carbocycles. The van der Waals surface area contributed by atoms with E-state index in [1.54, 1.807) is 26.8 Å². The molecule has 1 aliphatic rings. The topological polar surface area (TPSA) is 66.6 Å². The Hall–Kier alpha value is -2.86. The first-order chi connectivity index (χ1) is 17.8. The Balaban J connectivity index is 0.00000560. The first kappa shape index (κ1) is 33.3. The van der Waals surface area contributed by atoms with Crippen LogP contribution in [0.25, 0.3) is 0 Å². The standard InChI is InChI=1S/C27H30F7N3O2.ClH/c1-15-9-19(28)5-6-20(15)22-14-37(25(2,3)24(35)39)8-7-21(22)23(38)36(4)13-16-10-17(26(29,30)31)12-18(11-16)27(32,33)34;/h5-6,9-12,21-22H,7-8,13-14H2,1-4H3,(H2,35,39);1H. The van der Waals surface area contributed by atoms with E-state index in [0.29, 0.717) is 29.8 Å². The van der Waals surface area contributed by atoms with Crippen LogP contribution in [0.2, 0.25) is 0 Å². The fourth-order valence-electron chi connectivity index (χ4n) is 5.03. The summed E-state index contributed by atoms with van der Waals surface area (Å²) in [6.07, 6.45) is -9.79. The number of aryl methyl sites for hydroxylation is 1. The summed E-state index contributed by atoms with van der Waals surface area (Å²) in [5.41, 5.74) is 2.48. The molecule has 1 heterocycles. The van der Waals surface area contributed by atoms with Gasteiger partial charge in [-0.05, 0) is 80.8 Å². The number of benzene rings is 2. The molecule has 13 heteroatoms. The van der Waals surface area contributed by atoms with E-state index >= 15 is 0 Å². The van der Waals surface area contributed by atoms with Crippen molar-refractivity contribution in [2.75, 3.05) is 20.1 Å². The molecule has 0 aromatic heterocycles. The van der Waals surface area contributed by atoms with E-state index in [2.05, 4.69) is 0 Å². The van der Waals surface area contributed by atoms with Crippen LogP contribution in [-0.2, 0) is 28.5 Å². The molecular formula is C27H31ClF7N3O2. The third kappa shape index (κ3) is 7.25. The number of carbonyl (C=O) groups excluding carboxylic acids is 2. The monoisotopic (exact) mass is 597 g/mol. The van der Waals surface area contributed by atoms with Crippen molar-refractivity contribution in [3.63, 3.8) is 0 Å². The molecule has 222 valence electrons. The highest BCUT2D eigenvalue weighted by molar-refractivity contribution is 5.85. The number of piperidine rings is 1. The molecule has 0 saturated carbocycles. The van der Waals surface area contributed by atoms with Gasteiger partial charge in [0.2, 0.25) is 11.8 Å². The SMILES string of the molecule is Cc1cc(F)ccc1C1CN(C(C)(C)C(N)=O)CCC1C(=O)N(C)Cc1cc(C(F)(F)F)cc(C(F)(F)F)c1.Cl. The number of rotatable bonds is 6. The van der Waals surface area contributed by atoms with Crippen LogP contribution in [0.5, 0.6) is 0 Å². The molecule has 0 spiro atoms. The molecule has 2 N–H and O–H groups in total. The van der Waals surface area contributed by atoms with E-state index in [0.717, 1.165) is 4.90 Å². The summed E-state index contributed by atoms with van der Waals surface area (Å²) in [5, 5.41) is 0. The maximum Gasteiger partial charge on any atom is 0.416 e. The predicted molar refractivity (Wildman–Crippen MR) is 137 cm³/mol. The molecule has 0 bridgehead atoms. The fraction of sp³-hybridized carbons (Fsp3) is 0.481. The first-order valence-corrected chi connectivity index (χ1v) is 12.2. The zero-order chi connectivity index (χ0) is 29.5. The predicted octanol–water partition coefficient (Wildman–Crippen LogP) is 5.92. The van der Waals surface area contributed by atoms with Crippen LogP contribution in [0.4, 0.5) is 30.7 Å².